The summed E-state index contributed by atoms with van der Waals surface area (Å²) in [4.78, 5) is 16.8. The Morgan fingerprint density at radius 2 is 1.85 bits per heavy atom. The van der Waals surface area contributed by atoms with Crippen LogP contribution in [0.3, 0.4) is 0 Å². The maximum Gasteiger partial charge on any atom is 0.236 e. The van der Waals surface area contributed by atoms with Crippen LogP contribution in [0.15, 0.2) is 26.2 Å². The van der Waals surface area contributed by atoms with Gasteiger partial charge in [0.1, 0.15) is 0 Å². The number of nitrogens with one attached hydrogen (secondary N) is 1. The number of anilines is 1. The van der Waals surface area contributed by atoms with Gasteiger partial charge in [-0.1, -0.05) is 52.6 Å². The van der Waals surface area contributed by atoms with Gasteiger partial charge in [-0.2, -0.15) is 0 Å². The number of benzene rings is 1. The summed E-state index contributed by atoms with van der Waals surface area (Å²) in [6.45, 7) is 6.28. The molecule has 1 aromatic carbocycles. The number of thioether (sulfide) groups is 2. The van der Waals surface area contributed by atoms with Crippen LogP contribution in [0, 0.1) is 20.8 Å². The van der Waals surface area contributed by atoms with Crippen LogP contribution < -0.4 is 5.32 Å². The Morgan fingerprint density at radius 1 is 1.15 bits per heavy atom. The molecule has 136 valence electrons. The van der Waals surface area contributed by atoms with Crippen molar-refractivity contribution in [3.8, 4) is 11.3 Å². The SMILES string of the molecule is CSc1nnc(SCC(=O)Nc2nc(-c3c(C)cc(C)cc3C)cs2)s1. The maximum atomic E-state index is 12.2. The Kier molecular flexibility index (Phi) is 6.33. The lowest BCUT2D eigenvalue weighted by Gasteiger charge is -2.08. The second kappa shape index (κ2) is 8.51. The number of hydrogen-bond donors (Lipinski definition) is 1. The van der Waals surface area contributed by atoms with Gasteiger partial charge in [-0.25, -0.2) is 4.98 Å². The minimum Gasteiger partial charge on any atom is -0.301 e. The van der Waals surface area contributed by atoms with Crippen LogP contribution in [0.1, 0.15) is 16.7 Å². The predicted octanol–water partition coefficient (Wildman–Crippen LogP) is 5.04. The van der Waals surface area contributed by atoms with Crippen LogP contribution >= 0.6 is 46.2 Å². The third kappa shape index (κ3) is 4.64. The molecular weight excluding hydrogens is 404 g/mol. The molecule has 0 aliphatic heterocycles. The number of hydrogen-bond acceptors (Lipinski definition) is 8. The Hall–Kier alpha value is -1.42. The third-order valence-corrected chi connectivity index (χ3v) is 7.36. The Labute approximate surface area is 169 Å². The zero-order valence-corrected chi connectivity index (χ0v) is 18.1. The highest BCUT2D eigenvalue weighted by molar-refractivity contribution is 8.03. The largest absolute Gasteiger partial charge is 0.301 e. The zero-order chi connectivity index (χ0) is 18.7. The third-order valence-electron chi connectivity index (χ3n) is 3.57. The second-order valence-electron chi connectivity index (χ2n) is 5.69. The van der Waals surface area contributed by atoms with Crippen molar-refractivity contribution in [2.24, 2.45) is 0 Å². The van der Waals surface area contributed by atoms with E-state index in [9.17, 15) is 4.79 Å². The van der Waals surface area contributed by atoms with Crippen LogP contribution in [0.25, 0.3) is 11.3 Å². The fourth-order valence-electron chi connectivity index (χ4n) is 2.65. The van der Waals surface area contributed by atoms with Crippen LogP contribution in [-0.2, 0) is 4.79 Å². The highest BCUT2D eigenvalue weighted by atomic mass is 32.2. The molecule has 0 saturated heterocycles. The number of rotatable bonds is 6. The second-order valence-corrected chi connectivity index (χ2v) is 9.80. The average Bonchev–Trinajstić information content (AvgIpc) is 3.21. The number of aromatic nitrogens is 3. The minimum absolute atomic E-state index is 0.0887. The van der Waals surface area contributed by atoms with Crippen molar-refractivity contribution in [3.05, 3.63) is 34.2 Å². The van der Waals surface area contributed by atoms with Gasteiger partial charge in [0, 0.05) is 10.9 Å². The van der Waals surface area contributed by atoms with E-state index < -0.39 is 0 Å². The molecule has 2 aromatic heterocycles. The number of carbonyl (C=O) groups excluding carboxylic acids is 1. The molecule has 1 amide bonds. The van der Waals surface area contributed by atoms with E-state index in [1.54, 1.807) is 11.8 Å². The van der Waals surface area contributed by atoms with Crippen molar-refractivity contribution in [3.63, 3.8) is 0 Å². The summed E-state index contributed by atoms with van der Waals surface area (Å²) >= 11 is 5.88. The molecule has 0 bridgehead atoms. The zero-order valence-electron chi connectivity index (χ0n) is 14.8. The Balaban J connectivity index is 1.64. The maximum absolute atomic E-state index is 12.2. The molecule has 0 fully saturated rings. The molecule has 26 heavy (non-hydrogen) atoms. The summed E-state index contributed by atoms with van der Waals surface area (Å²) in [5.74, 6) is 0.203. The smallest absolute Gasteiger partial charge is 0.236 e. The summed E-state index contributed by atoms with van der Waals surface area (Å²) in [6.07, 6.45) is 1.96. The highest BCUT2D eigenvalue weighted by Gasteiger charge is 2.13. The van der Waals surface area contributed by atoms with Crippen LogP contribution in [0.4, 0.5) is 5.13 Å². The van der Waals surface area contributed by atoms with Gasteiger partial charge >= 0.3 is 0 Å². The van der Waals surface area contributed by atoms with E-state index in [0.29, 0.717) is 10.9 Å². The monoisotopic (exact) mass is 422 g/mol. The first-order valence-electron chi connectivity index (χ1n) is 7.80. The molecule has 0 unspecified atom stereocenters. The van der Waals surface area contributed by atoms with E-state index in [-0.39, 0.29) is 5.91 Å². The van der Waals surface area contributed by atoms with Crippen molar-refractivity contribution in [1.29, 1.82) is 0 Å². The van der Waals surface area contributed by atoms with Crippen LogP contribution in [0.5, 0.6) is 0 Å². The molecule has 0 spiro atoms. The molecule has 0 saturated carbocycles. The molecular formula is C17H18N4OS4. The van der Waals surface area contributed by atoms with E-state index in [4.69, 9.17) is 0 Å². The van der Waals surface area contributed by atoms with Gasteiger partial charge < -0.3 is 5.32 Å². The quantitative estimate of drug-likeness (QED) is 0.561. The van der Waals surface area contributed by atoms with Crippen molar-refractivity contribution in [1.82, 2.24) is 15.2 Å². The van der Waals surface area contributed by atoms with E-state index in [2.05, 4.69) is 53.4 Å². The molecule has 0 aliphatic rings. The van der Waals surface area contributed by atoms with Gasteiger partial charge in [-0.05, 0) is 38.2 Å². The molecule has 9 heteroatoms. The van der Waals surface area contributed by atoms with Crippen molar-refractivity contribution < 1.29 is 4.79 Å². The standard InChI is InChI=1S/C17H18N4OS4/c1-9-5-10(2)14(11(3)6-9)12-7-24-15(18-12)19-13(22)8-25-17-21-20-16(23-4)26-17/h5-7H,8H2,1-4H3,(H,18,19,22). The molecule has 0 aliphatic carbocycles. The van der Waals surface area contributed by atoms with Gasteiger partial charge in [0.2, 0.25) is 5.91 Å². The lowest BCUT2D eigenvalue weighted by atomic mass is 9.98. The first-order chi connectivity index (χ1) is 12.5. The average molecular weight is 423 g/mol. The van der Waals surface area contributed by atoms with Crippen molar-refractivity contribution in [2.45, 2.75) is 29.5 Å². The fraction of sp³-hybridized carbons (Fsp3) is 0.294. The predicted molar refractivity (Wildman–Crippen MR) is 113 cm³/mol. The topological polar surface area (TPSA) is 67.8 Å². The summed E-state index contributed by atoms with van der Waals surface area (Å²) < 4.78 is 1.71. The summed E-state index contributed by atoms with van der Waals surface area (Å²) in [5.41, 5.74) is 5.68. The number of thiazole rings is 1. The van der Waals surface area contributed by atoms with Gasteiger partial charge in [0.05, 0.1) is 11.4 Å². The molecule has 0 radical (unpaired) electrons. The summed E-state index contributed by atoms with van der Waals surface area (Å²) in [5, 5.41) is 13.6. The fourth-order valence-corrected chi connectivity index (χ4v) is 5.61. The molecule has 3 rings (SSSR count). The minimum atomic E-state index is -0.0887. The number of amides is 1. The van der Waals surface area contributed by atoms with E-state index in [1.165, 1.54) is 51.1 Å². The van der Waals surface area contributed by atoms with Gasteiger partial charge in [0.25, 0.3) is 0 Å². The Bertz CT molecular complexity index is 911. The first-order valence-corrected chi connectivity index (χ1v) is 11.7. The van der Waals surface area contributed by atoms with Crippen LogP contribution in [0.2, 0.25) is 0 Å². The molecule has 3 aromatic rings. The summed E-state index contributed by atoms with van der Waals surface area (Å²) in [7, 11) is 0. The first kappa shape index (κ1) is 19.3. The lowest BCUT2D eigenvalue weighted by molar-refractivity contribution is -0.113. The molecule has 5 nitrogen and oxygen atoms in total. The highest BCUT2D eigenvalue weighted by Crippen LogP contribution is 2.31. The van der Waals surface area contributed by atoms with Crippen LogP contribution in [-0.4, -0.2) is 33.1 Å². The van der Waals surface area contributed by atoms with Gasteiger partial charge in [-0.3, -0.25) is 4.79 Å². The van der Waals surface area contributed by atoms with Crippen molar-refractivity contribution in [2.75, 3.05) is 17.3 Å². The normalized spacial score (nSPS) is 10.9. The molecule has 2 heterocycles. The summed E-state index contributed by atoms with van der Waals surface area (Å²) in [6, 6.07) is 4.31. The van der Waals surface area contributed by atoms with E-state index >= 15 is 0 Å². The van der Waals surface area contributed by atoms with E-state index in [0.717, 1.165) is 19.9 Å². The molecule has 0 atom stereocenters. The number of nitrogens with zero attached hydrogens (tertiary/aromatic N) is 3. The van der Waals surface area contributed by atoms with Crippen molar-refractivity contribution >= 4 is 57.2 Å². The molecule has 1 N–H and O–H groups in total. The van der Waals surface area contributed by atoms with Gasteiger partial charge in [0.15, 0.2) is 13.8 Å². The number of aryl methyl sites for hydroxylation is 3. The number of carbonyl (C=O) groups is 1. The Morgan fingerprint density at radius 3 is 2.50 bits per heavy atom. The lowest BCUT2D eigenvalue weighted by Crippen LogP contribution is -2.13. The van der Waals surface area contributed by atoms with Gasteiger partial charge in [-0.15, -0.1) is 21.5 Å². The van der Waals surface area contributed by atoms with E-state index in [1.807, 2.05) is 11.6 Å².